The van der Waals surface area contributed by atoms with Crippen LogP contribution >= 0.6 is 11.6 Å². The number of aryl methyl sites for hydroxylation is 1. The van der Waals surface area contributed by atoms with Crippen LogP contribution in [-0.4, -0.2) is 16.3 Å². The molecule has 1 heterocycles. The third-order valence-electron chi connectivity index (χ3n) is 2.83. The van der Waals surface area contributed by atoms with Gasteiger partial charge in [-0.25, -0.2) is 4.39 Å². The molecule has 0 amide bonds. The number of benzene rings is 1. The van der Waals surface area contributed by atoms with Crippen molar-refractivity contribution in [1.29, 1.82) is 0 Å². The maximum Gasteiger partial charge on any atom is 0.128 e. The maximum atomic E-state index is 13.9. The Morgan fingerprint density at radius 3 is 2.83 bits per heavy atom. The van der Waals surface area contributed by atoms with Gasteiger partial charge in [0.2, 0.25) is 0 Å². The second-order valence-electron chi connectivity index (χ2n) is 4.04. The van der Waals surface area contributed by atoms with E-state index in [1.54, 1.807) is 23.0 Å². The van der Waals surface area contributed by atoms with Crippen LogP contribution in [0.2, 0.25) is 5.02 Å². The number of hydrogen-bond acceptors (Lipinski definition) is 2. The summed E-state index contributed by atoms with van der Waals surface area (Å²) >= 11 is 5.95. The van der Waals surface area contributed by atoms with Gasteiger partial charge in [0.05, 0.1) is 11.7 Å². The molecular formula is C13H15ClFN3. The minimum absolute atomic E-state index is 0.249. The van der Waals surface area contributed by atoms with E-state index in [1.165, 1.54) is 6.07 Å². The molecule has 2 rings (SSSR count). The van der Waals surface area contributed by atoms with Crippen molar-refractivity contribution in [3.8, 4) is 0 Å². The van der Waals surface area contributed by atoms with E-state index < -0.39 is 0 Å². The molecule has 0 radical (unpaired) electrons. The molecule has 0 spiro atoms. The van der Waals surface area contributed by atoms with Gasteiger partial charge in [-0.15, -0.1) is 0 Å². The zero-order valence-corrected chi connectivity index (χ0v) is 11.1. The van der Waals surface area contributed by atoms with E-state index in [-0.39, 0.29) is 11.9 Å². The van der Waals surface area contributed by atoms with Gasteiger partial charge in [0, 0.05) is 23.8 Å². The van der Waals surface area contributed by atoms with Crippen molar-refractivity contribution in [3.63, 3.8) is 0 Å². The molecule has 1 unspecified atom stereocenters. The summed E-state index contributed by atoms with van der Waals surface area (Å²) in [5, 5.41) is 7.89. The topological polar surface area (TPSA) is 29.9 Å². The lowest BCUT2D eigenvalue weighted by Crippen LogP contribution is -2.25. The first kappa shape index (κ1) is 13.1. The number of rotatable bonds is 4. The van der Waals surface area contributed by atoms with Crippen molar-refractivity contribution in [2.45, 2.75) is 13.0 Å². The molecular weight excluding hydrogens is 253 g/mol. The second kappa shape index (κ2) is 5.50. The number of aromatic nitrogens is 2. The standard InChI is InChI=1S/C13H15ClFN3/c1-3-16-13(12-6-7-17-18(12)2)10-8-9(14)4-5-11(10)15/h4-8,13,16H,3H2,1-2H3. The normalized spacial score (nSPS) is 12.7. The monoisotopic (exact) mass is 267 g/mol. The van der Waals surface area contributed by atoms with Crippen LogP contribution in [-0.2, 0) is 7.05 Å². The third kappa shape index (κ3) is 2.54. The van der Waals surface area contributed by atoms with Gasteiger partial charge >= 0.3 is 0 Å². The summed E-state index contributed by atoms with van der Waals surface area (Å²) in [7, 11) is 1.84. The number of nitrogens with one attached hydrogen (secondary N) is 1. The maximum absolute atomic E-state index is 13.9. The number of hydrogen-bond donors (Lipinski definition) is 1. The van der Waals surface area contributed by atoms with Crippen molar-refractivity contribution < 1.29 is 4.39 Å². The Morgan fingerprint density at radius 1 is 1.44 bits per heavy atom. The van der Waals surface area contributed by atoms with Crippen LogP contribution in [0.3, 0.4) is 0 Å². The Labute approximate surface area is 111 Å². The summed E-state index contributed by atoms with van der Waals surface area (Å²) in [4.78, 5) is 0. The van der Waals surface area contributed by atoms with Crippen molar-refractivity contribution in [3.05, 3.63) is 52.6 Å². The highest BCUT2D eigenvalue weighted by atomic mass is 35.5. The first-order chi connectivity index (χ1) is 8.63. The van der Waals surface area contributed by atoms with Gasteiger partial charge in [0.25, 0.3) is 0 Å². The molecule has 0 saturated carbocycles. The minimum Gasteiger partial charge on any atom is -0.305 e. The van der Waals surface area contributed by atoms with Crippen molar-refractivity contribution in [2.75, 3.05) is 6.54 Å². The van der Waals surface area contributed by atoms with E-state index in [1.807, 2.05) is 20.0 Å². The Hall–Kier alpha value is -1.39. The molecule has 1 atom stereocenters. The van der Waals surface area contributed by atoms with Crippen molar-refractivity contribution >= 4 is 11.6 Å². The molecule has 1 aromatic carbocycles. The highest BCUT2D eigenvalue weighted by molar-refractivity contribution is 6.30. The van der Waals surface area contributed by atoms with Crippen LogP contribution in [0.4, 0.5) is 4.39 Å². The molecule has 3 nitrogen and oxygen atoms in total. The Kier molecular flexibility index (Phi) is 3.99. The fourth-order valence-electron chi connectivity index (χ4n) is 1.98. The van der Waals surface area contributed by atoms with Crippen LogP contribution < -0.4 is 5.32 Å². The van der Waals surface area contributed by atoms with Gasteiger partial charge in [-0.05, 0) is 30.8 Å². The molecule has 0 aliphatic rings. The quantitative estimate of drug-likeness (QED) is 0.923. The molecule has 1 aromatic heterocycles. The van der Waals surface area contributed by atoms with Gasteiger partial charge in [-0.2, -0.15) is 5.10 Å². The highest BCUT2D eigenvalue weighted by Crippen LogP contribution is 2.26. The largest absolute Gasteiger partial charge is 0.305 e. The summed E-state index contributed by atoms with van der Waals surface area (Å²) in [5.74, 6) is -0.272. The number of nitrogens with zero attached hydrogens (tertiary/aromatic N) is 2. The first-order valence-electron chi connectivity index (χ1n) is 5.79. The third-order valence-corrected chi connectivity index (χ3v) is 3.07. The van der Waals surface area contributed by atoms with Crippen molar-refractivity contribution in [1.82, 2.24) is 15.1 Å². The molecule has 0 bridgehead atoms. The summed E-state index contributed by atoms with van der Waals surface area (Å²) in [6.45, 7) is 2.70. The van der Waals surface area contributed by atoms with E-state index in [2.05, 4.69) is 10.4 Å². The molecule has 96 valence electrons. The molecule has 0 fully saturated rings. The predicted octanol–water partition coefficient (Wildman–Crippen LogP) is 2.91. The van der Waals surface area contributed by atoms with Gasteiger partial charge in [-0.3, -0.25) is 4.68 Å². The smallest absolute Gasteiger partial charge is 0.128 e. The van der Waals surface area contributed by atoms with Crippen LogP contribution in [0.5, 0.6) is 0 Å². The highest BCUT2D eigenvalue weighted by Gasteiger charge is 2.20. The van der Waals surface area contributed by atoms with Crippen molar-refractivity contribution in [2.24, 2.45) is 7.05 Å². The van der Waals surface area contributed by atoms with Crippen LogP contribution in [0.1, 0.15) is 24.2 Å². The fraction of sp³-hybridized carbons (Fsp3) is 0.308. The second-order valence-corrected chi connectivity index (χ2v) is 4.47. The Balaban J connectivity index is 2.48. The lowest BCUT2D eigenvalue weighted by molar-refractivity contribution is 0.532. The molecule has 5 heteroatoms. The summed E-state index contributed by atoms with van der Waals surface area (Å²) < 4.78 is 15.7. The van der Waals surface area contributed by atoms with E-state index in [0.717, 1.165) is 12.2 Å². The zero-order chi connectivity index (χ0) is 13.1. The lowest BCUT2D eigenvalue weighted by Gasteiger charge is -2.19. The molecule has 2 aromatic rings. The van der Waals surface area contributed by atoms with E-state index in [0.29, 0.717) is 10.6 Å². The Bertz CT molecular complexity index is 539. The molecule has 0 saturated heterocycles. The minimum atomic E-state index is -0.272. The van der Waals surface area contributed by atoms with Gasteiger partial charge in [-0.1, -0.05) is 18.5 Å². The first-order valence-corrected chi connectivity index (χ1v) is 6.17. The van der Waals surface area contributed by atoms with E-state index >= 15 is 0 Å². The average molecular weight is 268 g/mol. The van der Waals surface area contributed by atoms with Crippen LogP contribution in [0.15, 0.2) is 30.5 Å². The number of halogens is 2. The summed E-state index contributed by atoms with van der Waals surface area (Å²) in [6, 6.07) is 6.21. The van der Waals surface area contributed by atoms with Gasteiger partial charge < -0.3 is 5.32 Å². The Morgan fingerprint density at radius 2 is 2.22 bits per heavy atom. The molecule has 18 heavy (non-hydrogen) atoms. The lowest BCUT2D eigenvalue weighted by atomic mass is 10.0. The summed E-state index contributed by atoms with van der Waals surface area (Å²) in [6.07, 6.45) is 1.70. The molecule has 0 aliphatic carbocycles. The van der Waals surface area contributed by atoms with E-state index in [4.69, 9.17) is 11.6 Å². The molecule has 0 aliphatic heterocycles. The molecule has 1 N–H and O–H groups in total. The SMILES string of the molecule is CCNC(c1cc(Cl)ccc1F)c1ccnn1C. The van der Waals surface area contributed by atoms with Crippen LogP contribution in [0, 0.1) is 5.82 Å². The predicted molar refractivity (Wildman–Crippen MR) is 70.1 cm³/mol. The van der Waals surface area contributed by atoms with Gasteiger partial charge in [0.15, 0.2) is 0 Å². The van der Waals surface area contributed by atoms with Crippen LogP contribution in [0.25, 0.3) is 0 Å². The summed E-state index contributed by atoms with van der Waals surface area (Å²) in [5.41, 5.74) is 1.44. The fourth-order valence-corrected chi connectivity index (χ4v) is 2.16. The average Bonchev–Trinajstić information content (AvgIpc) is 2.76. The van der Waals surface area contributed by atoms with Gasteiger partial charge in [0.1, 0.15) is 5.82 Å². The van der Waals surface area contributed by atoms with E-state index in [9.17, 15) is 4.39 Å². The zero-order valence-electron chi connectivity index (χ0n) is 10.3.